The Morgan fingerprint density at radius 1 is 1.33 bits per heavy atom. The molecule has 0 aliphatic carbocycles. The van der Waals surface area contributed by atoms with Gasteiger partial charge in [0.1, 0.15) is 5.82 Å². The smallest absolute Gasteiger partial charge is 0.255 e. The summed E-state index contributed by atoms with van der Waals surface area (Å²) in [6.07, 6.45) is 2.40. The number of halogens is 2. The van der Waals surface area contributed by atoms with Gasteiger partial charge in [-0.3, -0.25) is 4.79 Å². The first-order valence-electron chi connectivity index (χ1n) is 6.03. The van der Waals surface area contributed by atoms with E-state index in [1.807, 2.05) is 4.90 Å². The van der Waals surface area contributed by atoms with Crippen LogP contribution in [-0.4, -0.2) is 36.1 Å². The lowest BCUT2D eigenvalue weighted by Gasteiger charge is -2.32. The van der Waals surface area contributed by atoms with Crippen molar-refractivity contribution in [3.8, 4) is 0 Å². The molecule has 2 saturated heterocycles. The van der Waals surface area contributed by atoms with Gasteiger partial charge in [-0.1, -0.05) is 0 Å². The van der Waals surface area contributed by atoms with Crippen molar-refractivity contribution in [1.29, 1.82) is 0 Å². The summed E-state index contributed by atoms with van der Waals surface area (Å²) in [5.41, 5.74) is 0.512. The molecule has 2 aliphatic heterocycles. The van der Waals surface area contributed by atoms with E-state index in [0.29, 0.717) is 23.1 Å². The molecule has 2 bridgehead atoms. The number of rotatable bonds is 1. The van der Waals surface area contributed by atoms with Gasteiger partial charge >= 0.3 is 0 Å². The minimum absolute atomic E-state index is 0.0536. The van der Waals surface area contributed by atoms with E-state index in [2.05, 4.69) is 15.9 Å². The molecular formula is C13H13BrFNO2. The molecule has 18 heavy (non-hydrogen) atoms. The van der Waals surface area contributed by atoms with E-state index < -0.39 is 0 Å². The summed E-state index contributed by atoms with van der Waals surface area (Å²) in [5, 5.41) is 0. The largest absolute Gasteiger partial charge is 0.371 e. The fourth-order valence-electron chi connectivity index (χ4n) is 2.61. The van der Waals surface area contributed by atoms with Crippen molar-refractivity contribution in [2.75, 3.05) is 13.1 Å². The molecule has 2 aliphatic rings. The van der Waals surface area contributed by atoms with Gasteiger partial charge in [-0.15, -0.1) is 0 Å². The van der Waals surface area contributed by atoms with Crippen LogP contribution in [0.4, 0.5) is 4.39 Å². The molecule has 1 amide bonds. The van der Waals surface area contributed by atoms with Crippen molar-refractivity contribution < 1.29 is 13.9 Å². The van der Waals surface area contributed by atoms with Crippen molar-refractivity contribution in [3.63, 3.8) is 0 Å². The predicted molar refractivity (Wildman–Crippen MR) is 67.9 cm³/mol. The first-order chi connectivity index (χ1) is 8.63. The fraction of sp³-hybridized carbons (Fsp3) is 0.462. The van der Waals surface area contributed by atoms with E-state index >= 15 is 0 Å². The van der Waals surface area contributed by atoms with E-state index in [4.69, 9.17) is 4.74 Å². The van der Waals surface area contributed by atoms with Crippen LogP contribution in [-0.2, 0) is 4.74 Å². The van der Waals surface area contributed by atoms with Gasteiger partial charge in [0.25, 0.3) is 5.91 Å². The van der Waals surface area contributed by atoms with Crippen LogP contribution in [0, 0.1) is 5.82 Å². The Labute approximate surface area is 113 Å². The number of fused-ring (bicyclic) bond motifs is 2. The van der Waals surface area contributed by atoms with Gasteiger partial charge in [-0.2, -0.15) is 0 Å². The Kier molecular flexibility index (Phi) is 3.11. The molecule has 1 aromatic rings. The molecule has 2 atom stereocenters. The second-order valence-corrected chi connectivity index (χ2v) is 5.65. The second kappa shape index (κ2) is 4.63. The average Bonchev–Trinajstić information content (AvgIpc) is 2.67. The van der Waals surface area contributed by atoms with Crippen molar-refractivity contribution in [2.45, 2.75) is 25.0 Å². The summed E-state index contributed by atoms with van der Waals surface area (Å²) in [6.45, 7) is 1.28. The van der Waals surface area contributed by atoms with E-state index in [1.54, 1.807) is 0 Å². The Bertz CT molecular complexity index is 482. The van der Waals surface area contributed by atoms with Crippen LogP contribution in [0.1, 0.15) is 23.2 Å². The number of morpholine rings is 1. The minimum Gasteiger partial charge on any atom is -0.371 e. The Hall–Kier alpha value is -0.940. The van der Waals surface area contributed by atoms with Gasteiger partial charge < -0.3 is 9.64 Å². The molecular weight excluding hydrogens is 301 g/mol. The normalized spacial score (nSPS) is 26.4. The maximum absolute atomic E-state index is 13.0. The van der Waals surface area contributed by atoms with Gasteiger partial charge in [-0.25, -0.2) is 4.39 Å². The molecule has 1 aromatic carbocycles. The molecule has 2 unspecified atom stereocenters. The highest BCUT2D eigenvalue weighted by Crippen LogP contribution is 2.28. The number of hydrogen-bond acceptors (Lipinski definition) is 2. The summed E-state index contributed by atoms with van der Waals surface area (Å²) >= 11 is 3.24. The highest BCUT2D eigenvalue weighted by molar-refractivity contribution is 9.10. The maximum Gasteiger partial charge on any atom is 0.255 e. The first-order valence-corrected chi connectivity index (χ1v) is 6.82. The van der Waals surface area contributed by atoms with Crippen LogP contribution in [0.2, 0.25) is 0 Å². The first kappa shape index (κ1) is 12.1. The van der Waals surface area contributed by atoms with Crippen molar-refractivity contribution >= 4 is 21.8 Å². The molecule has 0 spiro atoms. The number of ether oxygens (including phenoxy) is 1. The minimum atomic E-state index is -0.347. The van der Waals surface area contributed by atoms with Gasteiger partial charge in [-0.05, 0) is 47.0 Å². The van der Waals surface area contributed by atoms with Crippen LogP contribution in [0.5, 0.6) is 0 Å². The molecule has 0 N–H and O–H groups in total. The third-order valence-electron chi connectivity index (χ3n) is 3.49. The third-order valence-corrected chi connectivity index (χ3v) is 4.15. The summed E-state index contributed by atoms with van der Waals surface area (Å²) in [7, 11) is 0. The second-order valence-electron chi connectivity index (χ2n) is 4.79. The third kappa shape index (κ3) is 2.17. The topological polar surface area (TPSA) is 29.5 Å². The standard InChI is InChI=1S/C13H13BrFNO2/c14-12-5-8(15)1-4-11(12)13(17)16-6-9-2-3-10(7-16)18-9/h1,4-5,9-10H,2-3,6-7H2. The maximum atomic E-state index is 13.0. The van der Waals surface area contributed by atoms with Gasteiger partial charge in [0.15, 0.2) is 0 Å². The van der Waals surface area contributed by atoms with Crippen molar-refractivity contribution in [3.05, 3.63) is 34.1 Å². The highest BCUT2D eigenvalue weighted by atomic mass is 79.9. The van der Waals surface area contributed by atoms with Crippen molar-refractivity contribution in [1.82, 2.24) is 4.90 Å². The zero-order valence-corrected chi connectivity index (χ0v) is 11.3. The Balaban J connectivity index is 1.82. The summed E-state index contributed by atoms with van der Waals surface area (Å²) in [5.74, 6) is -0.400. The number of carbonyl (C=O) groups is 1. The molecule has 0 aromatic heterocycles. The van der Waals surface area contributed by atoms with Crippen LogP contribution in [0.15, 0.2) is 22.7 Å². The number of benzene rings is 1. The number of hydrogen-bond donors (Lipinski definition) is 0. The zero-order valence-electron chi connectivity index (χ0n) is 9.73. The molecule has 2 heterocycles. The number of likely N-dealkylation sites (tertiary alicyclic amines) is 1. The van der Waals surface area contributed by atoms with Gasteiger partial charge in [0, 0.05) is 17.6 Å². The van der Waals surface area contributed by atoms with E-state index in [1.165, 1.54) is 18.2 Å². The molecule has 5 heteroatoms. The van der Waals surface area contributed by atoms with Crippen LogP contribution in [0.3, 0.4) is 0 Å². The molecule has 0 saturated carbocycles. The lowest BCUT2D eigenvalue weighted by Crippen LogP contribution is -2.45. The van der Waals surface area contributed by atoms with Crippen LogP contribution in [0.25, 0.3) is 0 Å². The molecule has 96 valence electrons. The average molecular weight is 314 g/mol. The van der Waals surface area contributed by atoms with E-state index in [9.17, 15) is 9.18 Å². The summed E-state index contributed by atoms with van der Waals surface area (Å²) in [6, 6.07) is 4.16. The van der Waals surface area contributed by atoms with E-state index in [-0.39, 0.29) is 23.9 Å². The molecule has 2 fully saturated rings. The number of carbonyl (C=O) groups excluding carboxylic acids is 1. The SMILES string of the molecule is O=C(c1ccc(F)cc1Br)N1CC2CCC(C1)O2. The van der Waals surface area contributed by atoms with E-state index in [0.717, 1.165) is 12.8 Å². The number of amides is 1. The summed E-state index contributed by atoms with van der Waals surface area (Å²) < 4.78 is 19.2. The lowest BCUT2D eigenvalue weighted by molar-refractivity contribution is -0.0303. The summed E-state index contributed by atoms with van der Waals surface area (Å²) in [4.78, 5) is 14.2. The van der Waals surface area contributed by atoms with Crippen LogP contribution < -0.4 is 0 Å². The van der Waals surface area contributed by atoms with Crippen LogP contribution >= 0.6 is 15.9 Å². The zero-order chi connectivity index (χ0) is 12.7. The monoisotopic (exact) mass is 313 g/mol. The quantitative estimate of drug-likeness (QED) is 0.797. The number of nitrogens with zero attached hydrogens (tertiary/aromatic N) is 1. The lowest BCUT2D eigenvalue weighted by atomic mass is 10.1. The molecule has 0 radical (unpaired) electrons. The Morgan fingerprint density at radius 3 is 2.61 bits per heavy atom. The van der Waals surface area contributed by atoms with Crippen molar-refractivity contribution in [2.24, 2.45) is 0 Å². The highest BCUT2D eigenvalue weighted by Gasteiger charge is 2.36. The molecule has 3 rings (SSSR count). The van der Waals surface area contributed by atoms with Gasteiger partial charge in [0.2, 0.25) is 0 Å². The molecule has 3 nitrogen and oxygen atoms in total. The fourth-order valence-corrected chi connectivity index (χ4v) is 3.13. The predicted octanol–water partition coefficient (Wildman–Crippen LogP) is 2.59. The van der Waals surface area contributed by atoms with Gasteiger partial charge in [0.05, 0.1) is 17.8 Å². The Morgan fingerprint density at radius 2 is 2.00 bits per heavy atom.